The molecule has 2 rings (SSSR count). The van der Waals surface area contributed by atoms with Crippen molar-refractivity contribution in [1.82, 2.24) is 9.88 Å². The van der Waals surface area contributed by atoms with Crippen LogP contribution in [0.1, 0.15) is 41.5 Å². The third kappa shape index (κ3) is 3.82. The lowest BCUT2D eigenvalue weighted by molar-refractivity contribution is 0.0745. The van der Waals surface area contributed by atoms with Gasteiger partial charge in [-0.2, -0.15) is 0 Å². The average molecular weight is 303 g/mol. The molecule has 0 fully saturated rings. The molecule has 0 aliphatic rings. The van der Waals surface area contributed by atoms with Gasteiger partial charge in [0.1, 0.15) is 5.82 Å². The van der Waals surface area contributed by atoms with Gasteiger partial charge in [-0.15, -0.1) is 11.3 Å². The number of hydrogen-bond acceptors (Lipinski definition) is 4. The van der Waals surface area contributed by atoms with Crippen LogP contribution in [0.2, 0.25) is 0 Å². The molecule has 1 atom stereocenters. The van der Waals surface area contributed by atoms with Gasteiger partial charge in [-0.1, -0.05) is 13.0 Å². The molecule has 0 aromatic carbocycles. The van der Waals surface area contributed by atoms with E-state index in [1.54, 1.807) is 28.5 Å². The van der Waals surface area contributed by atoms with Crippen LogP contribution in [0.5, 0.6) is 0 Å². The molecule has 0 aliphatic carbocycles. The molecule has 0 bridgehead atoms. The van der Waals surface area contributed by atoms with Crippen LogP contribution < -0.4 is 5.32 Å². The summed E-state index contributed by atoms with van der Waals surface area (Å²) in [6.07, 6.45) is 2.70. The van der Waals surface area contributed by atoms with Gasteiger partial charge in [0.05, 0.1) is 6.04 Å². The summed E-state index contributed by atoms with van der Waals surface area (Å²) in [5, 5.41) is 5.24. The van der Waals surface area contributed by atoms with E-state index in [0.717, 1.165) is 18.8 Å². The summed E-state index contributed by atoms with van der Waals surface area (Å²) in [4.78, 5) is 19.8. The molecule has 1 N–H and O–H groups in total. The van der Waals surface area contributed by atoms with Crippen molar-refractivity contribution in [3.63, 3.8) is 0 Å². The molecule has 2 heterocycles. The Hall–Kier alpha value is -1.88. The lowest BCUT2D eigenvalue weighted by Gasteiger charge is -2.24. The van der Waals surface area contributed by atoms with Gasteiger partial charge in [0, 0.05) is 30.2 Å². The van der Waals surface area contributed by atoms with Crippen molar-refractivity contribution in [2.45, 2.75) is 26.3 Å². The number of amides is 1. The zero-order valence-corrected chi connectivity index (χ0v) is 13.5. The van der Waals surface area contributed by atoms with Crippen LogP contribution >= 0.6 is 11.3 Å². The van der Waals surface area contributed by atoms with E-state index in [4.69, 9.17) is 0 Å². The Morgan fingerprint density at radius 3 is 2.95 bits per heavy atom. The quantitative estimate of drug-likeness (QED) is 0.883. The first-order chi connectivity index (χ1) is 10.1. The van der Waals surface area contributed by atoms with Crippen LogP contribution in [0.3, 0.4) is 0 Å². The van der Waals surface area contributed by atoms with Gasteiger partial charge in [-0.05, 0) is 36.9 Å². The van der Waals surface area contributed by atoms with E-state index >= 15 is 0 Å². The van der Waals surface area contributed by atoms with Crippen molar-refractivity contribution in [2.24, 2.45) is 0 Å². The highest BCUT2D eigenvalue weighted by Crippen LogP contribution is 2.24. The van der Waals surface area contributed by atoms with Crippen molar-refractivity contribution >= 4 is 23.1 Å². The molecule has 0 spiro atoms. The number of anilines is 1. The molecular weight excluding hydrogens is 282 g/mol. The number of thiophene rings is 1. The zero-order valence-electron chi connectivity index (χ0n) is 12.7. The first-order valence-electron chi connectivity index (χ1n) is 7.14. The highest BCUT2D eigenvalue weighted by Gasteiger charge is 2.19. The maximum Gasteiger partial charge on any atom is 0.254 e. The number of nitrogens with zero attached hydrogens (tertiary/aromatic N) is 2. The second-order valence-corrected chi connectivity index (χ2v) is 5.94. The molecule has 21 heavy (non-hydrogen) atoms. The maximum absolute atomic E-state index is 12.6. The fraction of sp³-hybridized carbons (Fsp3) is 0.375. The number of aromatic nitrogens is 1. The van der Waals surface area contributed by atoms with E-state index in [-0.39, 0.29) is 11.9 Å². The van der Waals surface area contributed by atoms with E-state index in [2.05, 4.69) is 23.3 Å². The van der Waals surface area contributed by atoms with Gasteiger partial charge in [0.2, 0.25) is 0 Å². The molecule has 5 heteroatoms. The molecule has 2 aromatic heterocycles. The van der Waals surface area contributed by atoms with Crippen LogP contribution in [0.4, 0.5) is 5.82 Å². The second kappa shape index (κ2) is 7.22. The molecule has 0 radical (unpaired) electrons. The minimum atomic E-state index is 0.0119. The monoisotopic (exact) mass is 303 g/mol. The molecule has 4 nitrogen and oxygen atoms in total. The fourth-order valence-electron chi connectivity index (χ4n) is 2.01. The largest absolute Gasteiger partial charge is 0.370 e. The molecule has 1 amide bonds. The zero-order chi connectivity index (χ0) is 15.2. The number of carbonyl (C=O) groups excluding carboxylic acids is 1. The van der Waals surface area contributed by atoms with Crippen LogP contribution in [0, 0.1) is 0 Å². The predicted molar refractivity (Wildman–Crippen MR) is 87.8 cm³/mol. The summed E-state index contributed by atoms with van der Waals surface area (Å²) >= 11 is 1.67. The minimum absolute atomic E-state index is 0.0119. The Morgan fingerprint density at radius 2 is 2.29 bits per heavy atom. The van der Waals surface area contributed by atoms with Gasteiger partial charge < -0.3 is 10.2 Å². The lowest BCUT2D eigenvalue weighted by atomic mass is 10.2. The summed E-state index contributed by atoms with van der Waals surface area (Å²) in [5.41, 5.74) is 0.662. The first-order valence-corrected chi connectivity index (χ1v) is 8.02. The lowest BCUT2D eigenvalue weighted by Crippen LogP contribution is -2.29. The summed E-state index contributed by atoms with van der Waals surface area (Å²) in [6, 6.07) is 7.71. The third-order valence-corrected chi connectivity index (χ3v) is 4.46. The second-order valence-electron chi connectivity index (χ2n) is 4.96. The minimum Gasteiger partial charge on any atom is -0.370 e. The van der Waals surface area contributed by atoms with Crippen molar-refractivity contribution in [2.75, 3.05) is 18.9 Å². The molecule has 0 aliphatic heterocycles. The summed E-state index contributed by atoms with van der Waals surface area (Å²) < 4.78 is 0. The van der Waals surface area contributed by atoms with Crippen LogP contribution in [0.25, 0.3) is 0 Å². The Balaban J connectivity index is 2.11. The average Bonchev–Trinajstić information content (AvgIpc) is 3.05. The highest BCUT2D eigenvalue weighted by atomic mass is 32.1. The van der Waals surface area contributed by atoms with Gasteiger partial charge in [0.15, 0.2) is 0 Å². The molecular formula is C16H21N3OS. The Morgan fingerprint density at radius 1 is 1.48 bits per heavy atom. The standard InChI is InChI=1S/C16H21N3OS/c1-4-8-17-15-11-13(7-9-18-15)16(20)19(3)12(2)14-6-5-10-21-14/h5-7,9-12H,4,8H2,1-3H3,(H,17,18). The molecule has 1 unspecified atom stereocenters. The summed E-state index contributed by atoms with van der Waals surface area (Å²) in [5.74, 6) is 0.762. The maximum atomic E-state index is 12.6. The van der Waals surface area contributed by atoms with Gasteiger partial charge in [-0.3, -0.25) is 4.79 Å². The molecule has 0 saturated carbocycles. The van der Waals surface area contributed by atoms with Gasteiger partial charge in [0.25, 0.3) is 5.91 Å². The van der Waals surface area contributed by atoms with Crippen LogP contribution in [-0.4, -0.2) is 29.4 Å². The smallest absolute Gasteiger partial charge is 0.254 e. The highest BCUT2D eigenvalue weighted by molar-refractivity contribution is 7.10. The van der Waals surface area contributed by atoms with E-state index < -0.39 is 0 Å². The number of carbonyl (C=O) groups is 1. The van der Waals surface area contributed by atoms with E-state index in [0.29, 0.717) is 5.56 Å². The van der Waals surface area contributed by atoms with E-state index in [9.17, 15) is 4.79 Å². The third-order valence-electron chi connectivity index (χ3n) is 3.42. The Bertz CT molecular complexity index is 583. The topological polar surface area (TPSA) is 45.2 Å². The molecule has 112 valence electrons. The van der Waals surface area contributed by atoms with Gasteiger partial charge >= 0.3 is 0 Å². The number of nitrogens with one attached hydrogen (secondary N) is 1. The molecule has 0 saturated heterocycles. The SMILES string of the molecule is CCCNc1cc(C(=O)N(C)C(C)c2cccs2)ccn1. The summed E-state index contributed by atoms with van der Waals surface area (Å²) in [7, 11) is 1.84. The van der Waals surface area contributed by atoms with Crippen molar-refractivity contribution in [3.8, 4) is 0 Å². The van der Waals surface area contributed by atoms with Crippen LogP contribution in [-0.2, 0) is 0 Å². The first kappa shape index (κ1) is 15.5. The Labute approximate surface area is 129 Å². The van der Waals surface area contributed by atoms with Gasteiger partial charge in [-0.25, -0.2) is 4.98 Å². The van der Waals surface area contributed by atoms with E-state index in [1.807, 2.05) is 31.5 Å². The summed E-state index contributed by atoms with van der Waals surface area (Å²) in [6.45, 7) is 4.99. The van der Waals surface area contributed by atoms with Crippen molar-refractivity contribution in [3.05, 3.63) is 46.3 Å². The van der Waals surface area contributed by atoms with Crippen LogP contribution in [0.15, 0.2) is 35.8 Å². The fourth-order valence-corrected chi connectivity index (χ4v) is 2.84. The number of rotatable bonds is 6. The van der Waals surface area contributed by atoms with Crippen molar-refractivity contribution < 1.29 is 4.79 Å². The number of hydrogen-bond donors (Lipinski definition) is 1. The normalized spacial score (nSPS) is 12.0. The van der Waals surface area contributed by atoms with Crippen molar-refractivity contribution in [1.29, 1.82) is 0 Å². The van der Waals surface area contributed by atoms with E-state index in [1.165, 1.54) is 4.88 Å². The number of pyridine rings is 1. The Kier molecular flexibility index (Phi) is 5.33. The predicted octanol–water partition coefficient (Wildman–Crippen LogP) is 3.80. The molecule has 2 aromatic rings.